The van der Waals surface area contributed by atoms with Crippen LogP contribution in [0.25, 0.3) is 33.7 Å². The zero-order valence-corrected chi connectivity index (χ0v) is 13.1. The third kappa shape index (κ3) is 2.03. The summed E-state index contributed by atoms with van der Waals surface area (Å²) in [5.74, 6) is 0. The molecular formula is C21H18N2. The first-order valence-corrected chi connectivity index (χ1v) is 7.77. The van der Waals surface area contributed by atoms with Crippen LogP contribution >= 0.6 is 0 Å². The van der Waals surface area contributed by atoms with Crippen molar-refractivity contribution in [3.8, 4) is 5.69 Å². The van der Waals surface area contributed by atoms with E-state index >= 15 is 0 Å². The third-order valence-corrected chi connectivity index (χ3v) is 4.27. The minimum Gasteiger partial charge on any atom is -0.344 e. The topological polar surface area (TPSA) is 20.7 Å². The Bertz CT molecular complexity index is 1030. The molecule has 23 heavy (non-hydrogen) atoms. The fourth-order valence-corrected chi connectivity index (χ4v) is 3.28. The Morgan fingerprint density at radius 2 is 1.74 bits per heavy atom. The van der Waals surface area contributed by atoms with E-state index in [2.05, 4.69) is 77.7 Å². The number of allylic oxidation sites excluding steroid dienone is 2. The molecule has 0 bridgehead atoms. The maximum absolute atomic E-state index is 3.78. The fraction of sp³-hybridized carbons (Fsp3) is 0.0476. The SMILES string of the molecule is C=C/C=C\c1c(C)[nH]c2c1c1ccccc1n2-c1ccccc1. The maximum Gasteiger partial charge on any atom is 0.124 e. The van der Waals surface area contributed by atoms with Gasteiger partial charge in [-0.05, 0) is 25.1 Å². The lowest BCUT2D eigenvalue weighted by atomic mass is 10.1. The van der Waals surface area contributed by atoms with Gasteiger partial charge in [0.2, 0.25) is 0 Å². The Labute approximate surface area is 135 Å². The first kappa shape index (κ1) is 13.6. The van der Waals surface area contributed by atoms with E-state index in [9.17, 15) is 0 Å². The number of nitrogens with zero attached hydrogens (tertiary/aromatic N) is 1. The molecule has 0 spiro atoms. The molecule has 0 radical (unpaired) electrons. The summed E-state index contributed by atoms with van der Waals surface area (Å²) < 4.78 is 2.29. The van der Waals surface area contributed by atoms with E-state index < -0.39 is 0 Å². The smallest absolute Gasteiger partial charge is 0.124 e. The van der Waals surface area contributed by atoms with Crippen molar-refractivity contribution in [2.75, 3.05) is 0 Å². The third-order valence-electron chi connectivity index (χ3n) is 4.27. The molecule has 0 fully saturated rings. The molecule has 2 nitrogen and oxygen atoms in total. The fourth-order valence-electron chi connectivity index (χ4n) is 3.28. The van der Waals surface area contributed by atoms with Gasteiger partial charge in [0.25, 0.3) is 0 Å². The molecule has 0 aliphatic carbocycles. The zero-order valence-electron chi connectivity index (χ0n) is 13.1. The van der Waals surface area contributed by atoms with Crippen LogP contribution in [0.4, 0.5) is 0 Å². The first-order valence-electron chi connectivity index (χ1n) is 7.77. The van der Waals surface area contributed by atoms with Crippen LogP contribution in [0.15, 0.2) is 73.3 Å². The van der Waals surface area contributed by atoms with E-state index in [1.165, 1.54) is 33.2 Å². The number of hydrogen-bond acceptors (Lipinski definition) is 0. The Morgan fingerprint density at radius 3 is 2.52 bits per heavy atom. The summed E-state index contributed by atoms with van der Waals surface area (Å²) in [6.45, 7) is 5.90. The van der Waals surface area contributed by atoms with Crippen LogP contribution in [0.1, 0.15) is 11.3 Å². The first-order chi connectivity index (χ1) is 11.3. The monoisotopic (exact) mass is 298 g/mol. The van der Waals surface area contributed by atoms with Gasteiger partial charge >= 0.3 is 0 Å². The lowest BCUT2D eigenvalue weighted by Crippen LogP contribution is -1.93. The second-order valence-corrected chi connectivity index (χ2v) is 5.67. The van der Waals surface area contributed by atoms with Crippen LogP contribution in [-0.4, -0.2) is 9.55 Å². The van der Waals surface area contributed by atoms with Gasteiger partial charge in [0.15, 0.2) is 0 Å². The van der Waals surface area contributed by atoms with E-state index in [0.29, 0.717) is 0 Å². The number of hydrogen-bond donors (Lipinski definition) is 1. The largest absolute Gasteiger partial charge is 0.344 e. The molecule has 2 heteroatoms. The van der Waals surface area contributed by atoms with E-state index in [0.717, 1.165) is 5.65 Å². The summed E-state index contributed by atoms with van der Waals surface area (Å²) in [7, 11) is 0. The van der Waals surface area contributed by atoms with Crippen molar-refractivity contribution in [1.29, 1.82) is 0 Å². The van der Waals surface area contributed by atoms with Gasteiger partial charge in [0.05, 0.1) is 5.52 Å². The number of aryl methyl sites for hydroxylation is 1. The van der Waals surface area contributed by atoms with Gasteiger partial charge in [-0.3, -0.25) is 4.57 Å². The molecule has 0 aliphatic rings. The highest BCUT2D eigenvalue weighted by atomic mass is 15.1. The average molecular weight is 298 g/mol. The number of benzene rings is 2. The van der Waals surface area contributed by atoms with Gasteiger partial charge in [0.1, 0.15) is 5.65 Å². The minimum absolute atomic E-state index is 1.14. The Morgan fingerprint density at radius 1 is 1.00 bits per heavy atom. The predicted molar refractivity (Wildman–Crippen MR) is 99.1 cm³/mol. The minimum atomic E-state index is 1.14. The molecule has 0 aliphatic heterocycles. The maximum atomic E-state index is 3.78. The van der Waals surface area contributed by atoms with Crippen molar-refractivity contribution >= 4 is 28.0 Å². The summed E-state index contributed by atoms with van der Waals surface area (Å²) in [5.41, 5.74) is 5.92. The summed E-state index contributed by atoms with van der Waals surface area (Å²) in [5, 5.41) is 2.53. The molecule has 2 heterocycles. The molecule has 0 unspecified atom stereocenters. The second kappa shape index (κ2) is 5.33. The molecule has 0 amide bonds. The molecule has 2 aromatic heterocycles. The van der Waals surface area contributed by atoms with E-state index in [1.54, 1.807) is 0 Å². The van der Waals surface area contributed by atoms with Gasteiger partial charge in [-0.25, -0.2) is 0 Å². The Hall–Kier alpha value is -3.00. The van der Waals surface area contributed by atoms with Crippen molar-refractivity contribution in [2.24, 2.45) is 0 Å². The van der Waals surface area contributed by atoms with Crippen molar-refractivity contribution in [3.63, 3.8) is 0 Å². The summed E-state index contributed by atoms with van der Waals surface area (Å²) in [6.07, 6.45) is 5.93. The van der Waals surface area contributed by atoms with E-state index in [4.69, 9.17) is 0 Å². The molecule has 112 valence electrons. The van der Waals surface area contributed by atoms with Crippen molar-refractivity contribution < 1.29 is 0 Å². The Kier molecular flexibility index (Phi) is 3.16. The number of para-hydroxylation sites is 2. The van der Waals surface area contributed by atoms with Crippen LogP contribution in [0.2, 0.25) is 0 Å². The normalized spacial score (nSPS) is 11.7. The average Bonchev–Trinajstić information content (AvgIpc) is 3.07. The quantitative estimate of drug-likeness (QED) is 0.474. The molecule has 0 saturated carbocycles. The molecule has 2 aromatic carbocycles. The molecule has 1 N–H and O–H groups in total. The van der Waals surface area contributed by atoms with Crippen LogP contribution in [0.5, 0.6) is 0 Å². The van der Waals surface area contributed by atoms with Gasteiger partial charge < -0.3 is 4.98 Å². The molecule has 0 atom stereocenters. The predicted octanol–water partition coefficient (Wildman–Crippen LogP) is 5.62. The van der Waals surface area contributed by atoms with Crippen molar-refractivity contribution in [2.45, 2.75) is 6.92 Å². The second-order valence-electron chi connectivity index (χ2n) is 5.67. The van der Waals surface area contributed by atoms with Gasteiger partial charge in [-0.2, -0.15) is 0 Å². The van der Waals surface area contributed by atoms with E-state index in [-0.39, 0.29) is 0 Å². The lowest BCUT2D eigenvalue weighted by molar-refractivity contribution is 1.13. The number of fused-ring (bicyclic) bond motifs is 3. The Balaban J connectivity index is 2.17. The highest BCUT2D eigenvalue weighted by Crippen LogP contribution is 2.35. The zero-order chi connectivity index (χ0) is 15.8. The molecule has 4 rings (SSSR count). The number of aromatic amines is 1. The van der Waals surface area contributed by atoms with Crippen LogP contribution in [0, 0.1) is 6.92 Å². The van der Waals surface area contributed by atoms with Crippen molar-refractivity contribution in [1.82, 2.24) is 9.55 Å². The number of nitrogens with one attached hydrogen (secondary N) is 1. The van der Waals surface area contributed by atoms with Gasteiger partial charge in [0, 0.05) is 27.7 Å². The standard InChI is InChI=1S/C21H18N2/c1-3-4-12-17-15(2)22-21-20(17)18-13-8-9-14-19(18)23(21)16-10-6-5-7-11-16/h3-14,22H,1H2,2H3/b12-4-. The van der Waals surface area contributed by atoms with E-state index in [1.807, 2.05) is 18.2 Å². The summed E-state index contributed by atoms with van der Waals surface area (Å²) >= 11 is 0. The molecular weight excluding hydrogens is 280 g/mol. The summed E-state index contributed by atoms with van der Waals surface area (Å²) in [4.78, 5) is 3.57. The van der Waals surface area contributed by atoms with Crippen LogP contribution in [-0.2, 0) is 0 Å². The van der Waals surface area contributed by atoms with Crippen molar-refractivity contribution in [3.05, 3.63) is 84.6 Å². The highest BCUT2D eigenvalue weighted by Gasteiger charge is 2.17. The summed E-state index contributed by atoms with van der Waals surface area (Å²) in [6, 6.07) is 19.0. The number of aromatic nitrogens is 2. The molecule has 4 aromatic rings. The number of rotatable bonds is 3. The van der Waals surface area contributed by atoms with Gasteiger partial charge in [-0.15, -0.1) is 0 Å². The van der Waals surface area contributed by atoms with Crippen LogP contribution in [0.3, 0.4) is 0 Å². The van der Waals surface area contributed by atoms with Gasteiger partial charge in [-0.1, -0.05) is 61.2 Å². The van der Waals surface area contributed by atoms with Crippen LogP contribution < -0.4 is 0 Å². The lowest BCUT2D eigenvalue weighted by Gasteiger charge is -2.06. The number of H-pyrrole nitrogens is 1. The highest BCUT2D eigenvalue weighted by molar-refractivity contribution is 6.12. The molecule has 0 saturated heterocycles.